The first-order chi connectivity index (χ1) is 13.2. The molecular weight excluding hydrogens is 386 g/mol. The van der Waals surface area contributed by atoms with E-state index in [1.807, 2.05) is 13.0 Å². The third-order valence-electron chi connectivity index (χ3n) is 3.76. The fraction of sp³-hybridized carbons (Fsp3) is 0.278. The van der Waals surface area contributed by atoms with Crippen molar-refractivity contribution in [3.63, 3.8) is 0 Å². The average molecular weight is 407 g/mol. The third kappa shape index (κ3) is 5.68. The molecule has 2 rings (SSSR count). The number of nitrogens with zero attached hydrogens (tertiary/aromatic N) is 2. The molecular formula is C18H21N3O6S. The van der Waals surface area contributed by atoms with E-state index in [1.165, 1.54) is 18.2 Å². The van der Waals surface area contributed by atoms with Crippen molar-refractivity contribution in [3.8, 4) is 5.75 Å². The minimum absolute atomic E-state index is 0.0431. The van der Waals surface area contributed by atoms with Gasteiger partial charge in [-0.2, -0.15) is 0 Å². The van der Waals surface area contributed by atoms with Crippen molar-refractivity contribution >= 4 is 27.3 Å². The van der Waals surface area contributed by atoms with Gasteiger partial charge in [-0.05, 0) is 19.1 Å². The molecule has 0 aromatic heterocycles. The molecule has 0 saturated heterocycles. The van der Waals surface area contributed by atoms with Gasteiger partial charge < -0.3 is 10.1 Å². The summed E-state index contributed by atoms with van der Waals surface area (Å²) in [5.41, 5.74) is 0.526. The molecule has 0 fully saturated rings. The summed E-state index contributed by atoms with van der Waals surface area (Å²) < 4.78 is 30.5. The number of benzene rings is 2. The quantitative estimate of drug-likeness (QED) is 0.502. The lowest BCUT2D eigenvalue weighted by Crippen LogP contribution is -2.40. The molecule has 0 unspecified atom stereocenters. The standard InChI is InChI=1S/C18H21N3O6S/c1-3-27-17-10-5-4-7-14(17)12-19-18(22)13-20(28(2,25)26)15-8-6-9-16(11-15)21(23)24/h4-11H,3,12-13H2,1-2H3,(H,19,22). The molecule has 0 atom stereocenters. The van der Waals surface area contributed by atoms with Gasteiger partial charge in [-0.3, -0.25) is 19.2 Å². The van der Waals surface area contributed by atoms with Gasteiger partial charge in [0.25, 0.3) is 5.69 Å². The summed E-state index contributed by atoms with van der Waals surface area (Å²) in [6.07, 6.45) is 0.934. The monoisotopic (exact) mass is 407 g/mol. The number of rotatable bonds is 9. The molecule has 1 N–H and O–H groups in total. The maximum Gasteiger partial charge on any atom is 0.271 e. The Morgan fingerprint density at radius 1 is 1.21 bits per heavy atom. The molecule has 1 amide bonds. The van der Waals surface area contributed by atoms with Crippen molar-refractivity contribution in [2.75, 3.05) is 23.7 Å². The molecule has 9 nitrogen and oxygen atoms in total. The Morgan fingerprint density at radius 2 is 1.93 bits per heavy atom. The number of hydrogen-bond donors (Lipinski definition) is 1. The van der Waals surface area contributed by atoms with Crippen molar-refractivity contribution in [1.82, 2.24) is 5.32 Å². The van der Waals surface area contributed by atoms with Gasteiger partial charge in [0.1, 0.15) is 12.3 Å². The Labute approximate surface area is 163 Å². The molecule has 2 aromatic carbocycles. The van der Waals surface area contributed by atoms with Crippen LogP contribution in [-0.4, -0.2) is 38.7 Å². The highest BCUT2D eigenvalue weighted by Crippen LogP contribution is 2.23. The highest BCUT2D eigenvalue weighted by Gasteiger charge is 2.22. The molecule has 0 radical (unpaired) electrons. The number of ether oxygens (including phenoxy) is 1. The number of nitro groups is 1. The summed E-state index contributed by atoms with van der Waals surface area (Å²) in [5.74, 6) is 0.0761. The number of non-ortho nitro benzene ring substituents is 1. The van der Waals surface area contributed by atoms with Crippen LogP contribution in [0.4, 0.5) is 11.4 Å². The van der Waals surface area contributed by atoms with Crippen LogP contribution in [0.25, 0.3) is 0 Å². The smallest absolute Gasteiger partial charge is 0.271 e. The van der Waals surface area contributed by atoms with Crippen molar-refractivity contribution in [2.45, 2.75) is 13.5 Å². The molecule has 0 aliphatic heterocycles. The minimum atomic E-state index is -3.83. The zero-order chi connectivity index (χ0) is 20.7. The van der Waals surface area contributed by atoms with Crippen molar-refractivity contribution < 1.29 is 22.9 Å². The topological polar surface area (TPSA) is 119 Å². The lowest BCUT2D eigenvalue weighted by atomic mass is 10.2. The Balaban J connectivity index is 2.14. The predicted molar refractivity (Wildman–Crippen MR) is 105 cm³/mol. The highest BCUT2D eigenvalue weighted by molar-refractivity contribution is 7.92. The summed E-state index contributed by atoms with van der Waals surface area (Å²) in [7, 11) is -3.83. The van der Waals surface area contributed by atoms with Crippen LogP contribution in [0.5, 0.6) is 5.75 Å². The zero-order valence-corrected chi connectivity index (χ0v) is 16.3. The van der Waals surface area contributed by atoms with Gasteiger partial charge in [0.2, 0.25) is 15.9 Å². The molecule has 28 heavy (non-hydrogen) atoms. The van der Waals surface area contributed by atoms with E-state index in [1.54, 1.807) is 18.2 Å². The first-order valence-corrected chi connectivity index (χ1v) is 10.3. The summed E-state index contributed by atoms with van der Waals surface area (Å²) >= 11 is 0. The molecule has 2 aromatic rings. The number of carbonyl (C=O) groups excluding carboxylic acids is 1. The second kappa shape index (κ2) is 9.18. The number of nitro benzene ring substituents is 1. The molecule has 0 saturated carbocycles. The highest BCUT2D eigenvalue weighted by atomic mass is 32.2. The normalized spacial score (nSPS) is 10.9. The Hall–Kier alpha value is -3.14. The third-order valence-corrected chi connectivity index (χ3v) is 4.91. The van der Waals surface area contributed by atoms with E-state index in [0.29, 0.717) is 12.4 Å². The fourth-order valence-electron chi connectivity index (χ4n) is 2.49. The van der Waals surface area contributed by atoms with Crippen LogP contribution in [0.1, 0.15) is 12.5 Å². The van der Waals surface area contributed by atoms with Crippen LogP contribution in [0.15, 0.2) is 48.5 Å². The van der Waals surface area contributed by atoms with Crippen LogP contribution in [0.2, 0.25) is 0 Å². The first kappa shape index (κ1) is 21.2. The minimum Gasteiger partial charge on any atom is -0.494 e. The van der Waals surface area contributed by atoms with Crippen LogP contribution in [-0.2, 0) is 21.4 Å². The van der Waals surface area contributed by atoms with E-state index in [0.717, 1.165) is 22.2 Å². The maximum atomic E-state index is 12.3. The molecule has 0 aliphatic carbocycles. The number of nitrogens with one attached hydrogen (secondary N) is 1. The molecule has 10 heteroatoms. The first-order valence-electron chi connectivity index (χ1n) is 8.42. The van der Waals surface area contributed by atoms with Gasteiger partial charge in [0.05, 0.1) is 23.5 Å². The van der Waals surface area contributed by atoms with Gasteiger partial charge in [0, 0.05) is 24.2 Å². The molecule has 0 bridgehead atoms. The van der Waals surface area contributed by atoms with E-state index in [9.17, 15) is 23.3 Å². The SMILES string of the molecule is CCOc1ccccc1CNC(=O)CN(c1cccc([N+](=O)[O-])c1)S(C)(=O)=O. The van der Waals surface area contributed by atoms with Gasteiger partial charge in [-0.25, -0.2) is 8.42 Å². The Kier molecular flexibility index (Phi) is 6.94. The fourth-order valence-corrected chi connectivity index (χ4v) is 3.34. The molecule has 0 spiro atoms. The van der Waals surface area contributed by atoms with Gasteiger partial charge in [0.15, 0.2) is 0 Å². The number of hydrogen-bond acceptors (Lipinski definition) is 6. The average Bonchev–Trinajstić information content (AvgIpc) is 2.65. The maximum absolute atomic E-state index is 12.3. The number of amides is 1. The Bertz CT molecular complexity index is 961. The van der Waals surface area contributed by atoms with Gasteiger partial charge in [-0.1, -0.05) is 24.3 Å². The lowest BCUT2D eigenvalue weighted by molar-refractivity contribution is -0.384. The van der Waals surface area contributed by atoms with E-state index in [4.69, 9.17) is 4.74 Å². The van der Waals surface area contributed by atoms with E-state index in [-0.39, 0.29) is 17.9 Å². The second-order valence-corrected chi connectivity index (χ2v) is 7.77. The largest absolute Gasteiger partial charge is 0.494 e. The molecule has 0 heterocycles. The summed E-state index contributed by atoms with van der Waals surface area (Å²) in [6.45, 7) is 1.97. The number of sulfonamides is 1. The van der Waals surface area contributed by atoms with Crippen LogP contribution in [0.3, 0.4) is 0 Å². The van der Waals surface area contributed by atoms with E-state index < -0.39 is 27.4 Å². The predicted octanol–water partition coefficient (Wildman–Crippen LogP) is 2.08. The number of para-hydroxylation sites is 1. The number of carbonyl (C=O) groups is 1. The number of anilines is 1. The van der Waals surface area contributed by atoms with E-state index >= 15 is 0 Å². The summed E-state index contributed by atoms with van der Waals surface area (Å²) in [6, 6.07) is 12.3. The second-order valence-electron chi connectivity index (χ2n) is 5.86. The van der Waals surface area contributed by atoms with Crippen LogP contribution >= 0.6 is 0 Å². The summed E-state index contributed by atoms with van der Waals surface area (Å²) in [5, 5.41) is 13.6. The lowest BCUT2D eigenvalue weighted by Gasteiger charge is -2.21. The molecule has 150 valence electrons. The van der Waals surface area contributed by atoms with Crippen LogP contribution < -0.4 is 14.4 Å². The van der Waals surface area contributed by atoms with Gasteiger partial charge in [-0.15, -0.1) is 0 Å². The van der Waals surface area contributed by atoms with Gasteiger partial charge >= 0.3 is 0 Å². The van der Waals surface area contributed by atoms with Crippen molar-refractivity contribution in [2.24, 2.45) is 0 Å². The Morgan fingerprint density at radius 3 is 2.57 bits per heavy atom. The van der Waals surface area contributed by atoms with E-state index in [2.05, 4.69) is 5.32 Å². The zero-order valence-electron chi connectivity index (χ0n) is 15.5. The van der Waals surface area contributed by atoms with Crippen molar-refractivity contribution in [3.05, 3.63) is 64.2 Å². The summed E-state index contributed by atoms with van der Waals surface area (Å²) in [4.78, 5) is 22.7. The molecule has 0 aliphatic rings. The van der Waals surface area contributed by atoms with Crippen molar-refractivity contribution in [1.29, 1.82) is 0 Å². The van der Waals surface area contributed by atoms with Crippen LogP contribution in [0, 0.1) is 10.1 Å².